The summed E-state index contributed by atoms with van der Waals surface area (Å²) in [5.41, 5.74) is 0. The molecule has 2 N–H and O–H groups in total. The number of amides is 1. The van der Waals surface area contributed by atoms with Crippen LogP contribution in [0.1, 0.15) is 12.2 Å². The molecule has 1 amide bonds. The lowest BCUT2D eigenvalue weighted by atomic mass is 10.1. The topological polar surface area (TPSA) is 105 Å². The number of carbonyl (C=O) groups is 2. The van der Waals surface area contributed by atoms with Gasteiger partial charge in [0.15, 0.2) is 5.82 Å². The molecular formula is C12H17N3O5. The Morgan fingerprint density at radius 2 is 2.40 bits per heavy atom. The Morgan fingerprint density at radius 1 is 1.60 bits per heavy atom. The lowest BCUT2D eigenvalue weighted by Crippen LogP contribution is -2.49. The fourth-order valence-electron chi connectivity index (χ4n) is 2.08. The van der Waals surface area contributed by atoms with Crippen molar-refractivity contribution in [3.8, 4) is 0 Å². The molecule has 1 aromatic rings. The quantitative estimate of drug-likeness (QED) is 0.789. The molecule has 1 aliphatic rings. The van der Waals surface area contributed by atoms with Crippen molar-refractivity contribution in [1.29, 1.82) is 0 Å². The Hall–Kier alpha value is -1.93. The Labute approximate surface area is 115 Å². The van der Waals surface area contributed by atoms with Gasteiger partial charge < -0.3 is 19.7 Å². The molecule has 2 heterocycles. The van der Waals surface area contributed by atoms with E-state index in [1.165, 1.54) is 0 Å². The molecule has 20 heavy (non-hydrogen) atoms. The van der Waals surface area contributed by atoms with Gasteiger partial charge in [-0.3, -0.25) is 14.5 Å². The number of ether oxygens (including phenoxy) is 1. The highest BCUT2D eigenvalue weighted by molar-refractivity contribution is 5.91. The second kappa shape index (κ2) is 6.49. The Kier molecular flexibility index (Phi) is 4.70. The number of nitrogens with zero attached hydrogens (tertiary/aromatic N) is 2. The monoisotopic (exact) mass is 283 g/mol. The number of aliphatic carboxylic acids is 1. The van der Waals surface area contributed by atoms with E-state index in [9.17, 15) is 9.59 Å². The van der Waals surface area contributed by atoms with Gasteiger partial charge in [-0.15, -0.1) is 0 Å². The van der Waals surface area contributed by atoms with Crippen LogP contribution in [-0.4, -0.2) is 59.4 Å². The average molecular weight is 283 g/mol. The van der Waals surface area contributed by atoms with E-state index in [2.05, 4.69) is 10.5 Å². The Balaban J connectivity index is 1.89. The van der Waals surface area contributed by atoms with Crippen LogP contribution in [0.25, 0.3) is 0 Å². The van der Waals surface area contributed by atoms with E-state index in [1.807, 2.05) is 0 Å². The van der Waals surface area contributed by atoms with E-state index in [0.29, 0.717) is 31.3 Å². The third-order valence-corrected chi connectivity index (χ3v) is 3.00. The molecule has 0 aliphatic carbocycles. The first-order valence-corrected chi connectivity index (χ1v) is 6.31. The highest BCUT2D eigenvalue weighted by Crippen LogP contribution is 2.12. The number of morpholine rings is 1. The number of nitrogens with one attached hydrogen (secondary N) is 1. The van der Waals surface area contributed by atoms with Gasteiger partial charge in [0.05, 0.1) is 26.2 Å². The Bertz CT molecular complexity index is 487. The molecule has 0 bridgehead atoms. The van der Waals surface area contributed by atoms with Crippen LogP contribution in [0, 0.1) is 6.92 Å². The van der Waals surface area contributed by atoms with Gasteiger partial charge in [-0.05, 0) is 6.92 Å². The number of carboxylic acids is 1. The van der Waals surface area contributed by atoms with Gasteiger partial charge in [-0.1, -0.05) is 5.16 Å². The smallest absolute Gasteiger partial charge is 0.305 e. The van der Waals surface area contributed by atoms with Gasteiger partial charge in [0.25, 0.3) is 0 Å². The van der Waals surface area contributed by atoms with Gasteiger partial charge in [0.2, 0.25) is 5.91 Å². The summed E-state index contributed by atoms with van der Waals surface area (Å²) in [6, 6.07) is 1.33. The van der Waals surface area contributed by atoms with Crippen molar-refractivity contribution in [1.82, 2.24) is 10.1 Å². The van der Waals surface area contributed by atoms with Crippen molar-refractivity contribution in [3.63, 3.8) is 0 Å². The molecule has 0 aromatic carbocycles. The lowest BCUT2D eigenvalue weighted by molar-refractivity contribution is -0.141. The molecule has 0 radical (unpaired) electrons. The Morgan fingerprint density at radius 3 is 3.05 bits per heavy atom. The summed E-state index contributed by atoms with van der Waals surface area (Å²) in [6.07, 6.45) is -0.0453. The predicted molar refractivity (Wildman–Crippen MR) is 68.3 cm³/mol. The molecule has 1 aliphatic heterocycles. The minimum atomic E-state index is -0.905. The molecule has 0 saturated carbocycles. The van der Waals surface area contributed by atoms with Crippen molar-refractivity contribution in [3.05, 3.63) is 11.8 Å². The highest BCUT2D eigenvalue weighted by Gasteiger charge is 2.27. The second-order valence-electron chi connectivity index (χ2n) is 4.67. The van der Waals surface area contributed by atoms with Crippen molar-refractivity contribution in [2.24, 2.45) is 0 Å². The second-order valence-corrected chi connectivity index (χ2v) is 4.67. The van der Waals surface area contributed by atoms with E-state index in [4.69, 9.17) is 14.4 Å². The van der Waals surface area contributed by atoms with E-state index in [-0.39, 0.29) is 24.9 Å². The summed E-state index contributed by atoms with van der Waals surface area (Å²) >= 11 is 0. The molecule has 2 rings (SSSR count). The van der Waals surface area contributed by atoms with E-state index >= 15 is 0 Å². The van der Waals surface area contributed by atoms with Gasteiger partial charge in [0.1, 0.15) is 5.76 Å². The summed E-state index contributed by atoms with van der Waals surface area (Å²) in [5, 5.41) is 15.1. The first-order chi connectivity index (χ1) is 9.54. The fourth-order valence-corrected chi connectivity index (χ4v) is 2.08. The van der Waals surface area contributed by atoms with Crippen LogP contribution in [0.4, 0.5) is 5.82 Å². The van der Waals surface area contributed by atoms with Gasteiger partial charge in [-0.25, -0.2) is 0 Å². The van der Waals surface area contributed by atoms with Crippen LogP contribution in [0.2, 0.25) is 0 Å². The zero-order valence-corrected chi connectivity index (χ0v) is 11.2. The largest absolute Gasteiger partial charge is 0.481 e. The van der Waals surface area contributed by atoms with Crippen LogP contribution in [0.5, 0.6) is 0 Å². The number of carbonyl (C=O) groups excluding carboxylic acids is 1. The molecule has 0 spiro atoms. The number of carboxylic acid groups (broad SMARTS) is 1. The molecule has 1 fully saturated rings. The number of anilines is 1. The van der Waals surface area contributed by atoms with E-state index in [0.717, 1.165) is 0 Å². The van der Waals surface area contributed by atoms with Crippen LogP contribution in [0.15, 0.2) is 10.6 Å². The van der Waals surface area contributed by atoms with Gasteiger partial charge in [-0.2, -0.15) is 0 Å². The van der Waals surface area contributed by atoms with E-state index in [1.54, 1.807) is 17.9 Å². The normalized spacial score (nSPS) is 19.8. The summed E-state index contributed by atoms with van der Waals surface area (Å²) in [5.74, 6) is -0.195. The van der Waals surface area contributed by atoms with Crippen molar-refractivity contribution < 1.29 is 24.0 Å². The SMILES string of the molecule is Cc1cc(NC(=O)CN2CCOCC2CC(=O)O)no1. The van der Waals surface area contributed by atoms with Gasteiger partial charge >= 0.3 is 5.97 Å². The molecule has 1 saturated heterocycles. The first-order valence-electron chi connectivity index (χ1n) is 6.31. The zero-order chi connectivity index (χ0) is 14.5. The maximum atomic E-state index is 11.9. The van der Waals surface area contributed by atoms with Crippen LogP contribution in [-0.2, 0) is 14.3 Å². The lowest BCUT2D eigenvalue weighted by Gasteiger charge is -2.33. The molecule has 8 nitrogen and oxygen atoms in total. The summed E-state index contributed by atoms with van der Waals surface area (Å²) in [7, 11) is 0. The summed E-state index contributed by atoms with van der Waals surface area (Å²) in [6.45, 7) is 3.18. The van der Waals surface area contributed by atoms with Crippen molar-refractivity contribution >= 4 is 17.7 Å². The third kappa shape index (κ3) is 4.04. The molecule has 1 unspecified atom stereocenters. The molecule has 1 aromatic heterocycles. The minimum Gasteiger partial charge on any atom is -0.481 e. The zero-order valence-electron chi connectivity index (χ0n) is 11.2. The van der Waals surface area contributed by atoms with Crippen LogP contribution < -0.4 is 5.32 Å². The van der Waals surface area contributed by atoms with Gasteiger partial charge in [0, 0.05) is 18.7 Å². The molecular weight excluding hydrogens is 266 g/mol. The van der Waals surface area contributed by atoms with Crippen molar-refractivity contribution in [2.45, 2.75) is 19.4 Å². The first kappa shape index (κ1) is 14.5. The predicted octanol–water partition coefficient (Wildman–Crippen LogP) is 0.0970. The molecule has 8 heteroatoms. The number of hydrogen-bond donors (Lipinski definition) is 2. The van der Waals surface area contributed by atoms with Crippen molar-refractivity contribution in [2.75, 3.05) is 31.6 Å². The maximum absolute atomic E-state index is 11.9. The van der Waals surface area contributed by atoms with E-state index < -0.39 is 5.97 Å². The summed E-state index contributed by atoms with van der Waals surface area (Å²) in [4.78, 5) is 24.5. The number of aromatic nitrogens is 1. The standard InChI is InChI=1S/C12H17N3O5/c1-8-4-10(14-20-8)13-11(16)6-15-2-3-19-7-9(15)5-12(17)18/h4,9H,2-3,5-7H2,1H3,(H,17,18)(H,13,14,16). The minimum absolute atomic E-state index is 0.0453. The maximum Gasteiger partial charge on any atom is 0.305 e. The van der Waals surface area contributed by atoms with Crippen LogP contribution in [0.3, 0.4) is 0 Å². The number of rotatable bonds is 5. The third-order valence-electron chi connectivity index (χ3n) is 3.00. The highest BCUT2D eigenvalue weighted by atomic mass is 16.5. The van der Waals surface area contributed by atoms with Crippen LogP contribution >= 0.6 is 0 Å². The molecule has 110 valence electrons. The molecule has 1 atom stereocenters. The fraction of sp³-hybridized carbons (Fsp3) is 0.583. The average Bonchev–Trinajstić information content (AvgIpc) is 2.76. The summed E-state index contributed by atoms with van der Waals surface area (Å²) < 4.78 is 10.1. The number of aryl methyl sites for hydroxylation is 1. The number of hydrogen-bond acceptors (Lipinski definition) is 6.